The number of aliphatic hydroxyl groups is 1. The number of hydrogen-bond acceptors (Lipinski definition) is 4. The van der Waals surface area contributed by atoms with Gasteiger partial charge < -0.3 is 14.6 Å². The summed E-state index contributed by atoms with van der Waals surface area (Å²) in [5, 5.41) is 8.89. The van der Waals surface area contributed by atoms with E-state index in [9.17, 15) is 0 Å². The largest absolute Gasteiger partial charge is 0.491 e. The monoisotopic (exact) mass is 182 g/mol. The molecule has 1 rings (SSSR count). The number of aliphatic hydroxyl groups excluding tert-OH is 1. The molecule has 71 valence electrons. The minimum atomic E-state index is -0.115. The Morgan fingerprint density at radius 3 is 3.08 bits per heavy atom. The maximum absolute atomic E-state index is 8.89. The van der Waals surface area contributed by atoms with Crippen molar-refractivity contribution in [3.8, 4) is 5.75 Å². The van der Waals surface area contributed by atoms with Gasteiger partial charge in [0.05, 0.1) is 19.4 Å². The molecule has 1 heterocycles. The first-order valence-corrected chi connectivity index (χ1v) is 3.96. The molecule has 1 aromatic heterocycles. The summed E-state index contributed by atoms with van der Waals surface area (Å²) in [6, 6.07) is 1.69. The molecule has 1 radical (unpaired) electrons. The van der Waals surface area contributed by atoms with Crippen molar-refractivity contribution in [1.82, 2.24) is 4.98 Å². The maximum Gasteiger partial charge on any atom is 0.128 e. The van der Waals surface area contributed by atoms with Crippen molar-refractivity contribution in [3.63, 3.8) is 0 Å². The van der Waals surface area contributed by atoms with Gasteiger partial charge in [0.1, 0.15) is 12.4 Å². The molecular formula is C9H12NO3. The van der Waals surface area contributed by atoms with Crippen molar-refractivity contribution < 1.29 is 14.6 Å². The summed E-state index contributed by atoms with van der Waals surface area (Å²) in [5.74, 6) is 0.606. The van der Waals surface area contributed by atoms with Crippen molar-refractivity contribution in [3.05, 3.63) is 24.0 Å². The van der Waals surface area contributed by atoms with Crippen LogP contribution in [0.5, 0.6) is 5.75 Å². The van der Waals surface area contributed by atoms with Gasteiger partial charge in [0, 0.05) is 18.9 Å². The van der Waals surface area contributed by atoms with Gasteiger partial charge in [0.25, 0.3) is 0 Å². The molecular weight excluding hydrogens is 170 g/mol. The first-order valence-electron chi connectivity index (χ1n) is 3.96. The predicted molar refractivity (Wildman–Crippen MR) is 46.4 cm³/mol. The number of aromatic nitrogens is 1. The van der Waals surface area contributed by atoms with Crippen LogP contribution in [-0.4, -0.2) is 30.4 Å². The fourth-order valence-electron chi connectivity index (χ4n) is 0.859. The summed E-state index contributed by atoms with van der Waals surface area (Å²) in [6.45, 7) is 0.866. The average molecular weight is 182 g/mol. The third-order valence-corrected chi connectivity index (χ3v) is 1.50. The normalized spacial score (nSPS) is 10.0. The van der Waals surface area contributed by atoms with E-state index in [4.69, 9.17) is 14.6 Å². The molecule has 0 unspecified atom stereocenters. The Morgan fingerprint density at radius 2 is 2.38 bits per heavy atom. The van der Waals surface area contributed by atoms with E-state index in [0.717, 1.165) is 0 Å². The third-order valence-electron chi connectivity index (χ3n) is 1.50. The van der Waals surface area contributed by atoms with Gasteiger partial charge >= 0.3 is 0 Å². The van der Waals surface area contributed by atoms with Crippen LogP contribution in [-0.2, 0) is 11.3 Å². The molecule has 0 saturated heterocycles. The van der Waals surface area contributed by atoms with E-state index in [1.807, 2.05) is 0 Å². The zero-order chi connectivity index (χ0) is 9.52. The van der Waals surface area contributed by atoms with Gasteiger partial charge in [0.2, 0.25) is 0 Å². The van der Waals surface area contributed by atoms with Crippen LogP contribution in [0, 0.1) is 6.20 Å². The van der Waals surface area contributed by atoms with E-state index in [1.165, 1.54) is 0 Å². The topological polar surface area (TPSA) is 51.6 Å². The van der Waals surface area contributed by atoms with Gasteiger partial charge in [-0.3, -0.25) is 4.98 Å². The Labute approximate surface area is 77.1 Å². The van der Waals surface area contributed by atoms with Gasteiger partial charge in [-0.15, -0.1) is 0 Å². The zero-order valence-electron chi connectivity index (χ0n) is 7.49. The fourth-order valence-corrected chi connectivity index (χ4v) is 0.859. The van der Waals surface area contributed by atoms with Gasteiger partial charge in [-0.1, -0.05) is 0 Å². The Bertz CT molecular complexity index is 252. The molecule has 1 aromatic rings. The van der Waals surface area contributed by atoms with Crippen LogP contribution in [0.1, 0.15) is 5.56 Å². The second-order valence-corrected chi connectivity index (χ2v) is 2.40. The lowest BCUT2D eigenvalue weighted by molar-refractivity contribution is 0.144. The molecule has 4 heteroatoms. The lowest BCUT2D eigenvalue weighted by atomic mass is 10.3. The first kappa shape index (κ1) is 9.95. The number of rotatable bonds is 5. The highest BCUT2D eigenvalue weighted by Crippen LogP contribution is 2.15. The molecule has 0 aliphatic rings. The summed E-state index contributed by atoms with van der Waals surface area (Å²) in [6.07, 6.45) is 4.22. The van der Waals surface area contributed by atoms with Crippen molar-refractivity contribution >= 4 is 0 Å². The van der Waals surface area contributed by atoms with Crippen LogP contribution in [0.25, 0.3) is 0 Å². The predicted octanol–water partition coefficient (Wildman–Crippen LogP) is 0.399. The highest BCUT2D eigenvalue weighted by atomic mass is 16.5. The van der Waals surface area contributed by atoms with E-state index >= 15 is 0 Å². The summed E-state index contributed by atoms with van der Waals surface area (Å²) >= 11 is 0. The molecule has 13 heavy (non-hydrogen) atoms. The molecule has 0 aliphatic carbocycles. The Hall–Kier alpha value is -1.13. The average Bonchev–Trinajstić information content (AvgIpc) is 2.19. The van der Waals surface area contributed by atoms with Gasteiger partial charge in [0.15, 0.2) is 0 Å². The Morgan fingerprint density at radius 1 is 1.54 bits per heavy atom. The molecule has 0 atom stereocenters. The van der Waals surface area contributed by atoms with Crippen molar-refractivity contribution in [2.45, 2.75) is 6.61 Å². The minimum absolute atomic E-state index is 0.115. The molecule has 0 aromatic carbocycles. The van der Waals surface area contributed by atoms with Crippen molar-refractivity contribution in [2.24, 2.45) is 0 Å². The number of ether oxygens (including phenoxy) is 2. The van der Waals surface area contributed by atoms with Crippen LogP contribution in [0.2, 0.25) is 0 Å². The van der Waals surface area contributed by atoms with Crippen LogP contribution < -0.4 is 4.74 Å². The summed E-state index contributed by atoms with van der Waals surface area (Å²) in [7, 11) is 1.61. The fraction of sp³-hybridized carbons (Fsp3) is 0.444. The molecule has 0 fully saturated rings. The van der Waals surface area contributed by atoms with Crippen LogP contribution in [0.15, 0.2) is 12.3 Å². The molecule has 0 spiro atoms. The maximum atomic E-state index is 8.89. The summed E-state index contributed by atoms with van der Waals surface area (Å²) in [5.41, 5.74) is 0.568. The molecule has 0 amide bonds. The standard InChI is InChI=1S/C9H12NO3/c1-12-4-5-13-9-2-3-10-6-8(9)7-11/h2-3,11H,4-5,7H2,1H3. The minimum Gasteiger partial charge on any atom is -0.491 e. The van der Waals surface area contributed by atoms with Gasteiger partial charge in [-0.25, -0.2) is 0 Å². The Balaban J connectivity index is 2.54. The van der Waals surface area contributed by atoms with Gasteiger partial charge in [-0.2, -0.15) is 0 Å². The van der Waals surface area contributed by atoms with Crippen LogP contribution >= 0.6 is 0 Å². The number of pyridine rings is 1. The zero-order valence-corrected chi connectivity index (χ0v) is 7.49. The highest BCUT2D eigenvalue weighted by molar-refractivity contribution is 5.28. The molecule has 4 nitrogen and oxygen atoms in total. The second-order valence-electron chi connectivity index (χ2n) is 2.40. The van der Waals surface area contributed by atoms with Crippen LogP contribution in [0.3, 0.4) is 0 Å². The SMILES string of the molecule is COCCOc1ccn[c]c1CO. The highest BCUT2D eigenvalue weighted by Gasteiger charge is 2.01. The molecule has 0 aliphatic heterocycles. The van der Waals surface area contributed by atoms with E-state index in [2.05, 4.69) is 11.2 Å². The quantitative estimate of drug-likeness (QED) is 0.670. The van der Waals surface area contributed by atoms with E-state index < -0.39 is 0 Å². The van der Waals surface area contributed by atoms with E-state index in [1.54, 1.807) is 19.4 Å². The molecule has 0 bridgehead atoms. The smallest absolute Gasteiger partial charge is 0.128 e. The summed E-state index contributed by atoms with van der Waals surface area (Å²) < 4.78 is 10.1. The lowest BCUT2D eigenvalue weighted by Crippen LogP contribution is -2.06. The first-order chi connectivity index (χ1) is 6.38. The number of hydrogen-bond donors (Lipinski definition) is 1. The number of nitrogens with zero attached hydrogens (tertiary/aromatic N) is 1. The van der Waals surface area contributed by atoms with Crippen molar-refractivity contribution in [2.75, 3.05) is 20.3 Å². The third kappa shape index (κ3) is 3.01. The van der Waals surface area contributed by atoms with E-state index in [0.29, 0.717) is 24.5 Å². The lowest BCUT2D eigenvalue weighted by Gasteiger charge is -2.07. The second kappa shape index (κ2) is 5.50. The Kier molecular flexibility index (Phi) is 4.21. The van der Waals surface area contributed by atoms with E-state index in [-0.39, 0.29) is 6.61 Å². The molecule has 0 saturated carbocycles. The van der Waals surface area contributed by atoms with Gasteiger partial charge in [-0.05, 0) is 6.07 Å². The summed E-state index contributed by atoms with van der Waals surface area (Å²) in [4.78, 5) is 3.75. The molecule has 1 N–H and O–H groups in total. The number of methoxy groups -OCH3 is 1. The van der Waals surface area contributed by atoms with Crippen LogP contribution in [0.4, 0.5) is 0 Å². The van der Waals surface area contributed by atoms with Crippen molar-refractivity contribution in [1.29, 1.82) is 0 Å².